The maximum atomic E-state index is 11.9. The lowest BCUT2D eigenvalue weighted by Crippen LogP contribution is -2.28. The second kappa shape index (κ2) is 7.59. The van der Waals surface area contributed by atoms with Crippen molar-refractivity contribution in [2.75, 3.05) is 19.7 Å². The lowest BCUT2D eigenvalue weighted by Gasteiger charge is -2.27. The van der Waals surface area contributed by atoms with Crippen molar-refractivity contribution in [3.63, 3.8) is 0 Å². The molecule has 1 aliphatic heterocycles. The summed E-state index contributed by atoms with van der Waals surface area (Å²) in [6, 6.07) is 16.2. The van der Waals surface area contributed by atoms with Crippen molar-refractivity contribution >= 4 is 11.8 Å². The lowest BCUT2D eigenvalue weighted by atomic mass is 10.1. The van der Waals surface area contributed by atoms with Gasteiger partial charge in [-0.05, 0) is 36.5 Å². The van der Waals surface area contributed by atoms with E-state index in [9.17, 15) is 14.9 Å². The molecule has 1 aliphatic carbocycles. The summed E-state index contributed by atoms with van der Waals surface area (Å²) in [5, 5.41) is 10.6. The number of ether oxygens (including phenoxy) is 2. The zero-order valence-corrected chi connectivity index (χ0v) is 15.6. The van der Waals surface area contributed by atoms with Crippen molar-refractivity contribution in [1.82, 2.24) is 4.90 Å². The minimum atomic E-state index is -0.770. The molecule has 7 heteroatoms. The molecular formula is C21H22N2O5. The molecule has 0 aromatic heterocycles. The molecule has 1 heterocycles. The fourth-order valence-corrected chi connectivity index (χ4v) is 4.11. The molecule has 4 rings (SSSR count). The fraction of sp³-hybridized carbons (Fsp3) is 0.381. The van der Waals surface area contributed by atoms with Gasteiger partial charge in [0, 0.05) is 37.2 Å². The molecule has 0 N–H and O–H groups in total. The van der Waals surface area contributed by atoms with Gasteiger partial charge in [0.1, 0.15) is 5.75 Å². The summed E-state index contributed by atoms with van der Waals surface area (Å²) < 4.78 is 10.3. The molecule has 1 saturated carbocycles. The topological polar surface area (TPSA) is 81.9 Å². The van der Waals surface area contributed by atoms with Crippen LogP contribution in [-0.2, 0) is 4.74 Å². The van der Waals surface area contributed by atoms with Gasteiger partial charge in [-0.1, -0.05) is 30.3 Å². The molecule has 2 fully saturated rings. The molecule has 28 heavy (non-hydrogen) atoms. The van der Waals surface area contributed by atoms with Gasteiger partial charge < -0.3 is 9.47 Å². The molecule has 0 unspecified atom stereocenters. The molecular weight excluding hydrogens is 360 g/mol. The number of hydrogen-bond donors (Lipinski definition) is 0. The quantitative estimate of drug-likeness (QED) is 0.324. The number of non-ortho nitro benzene ring substituents is 1. The third kappa shape index (κ3) is 3.84. The standard InChI is InChI=1S/C21H22N2O5/c1-14(15-5-3-2-4-6-15)22-11-18-19(12-22)20(18)13-27-21(24)28-17-9-7-16(8-10-17)23(25)26/h2-10,14,18-20H,11-13H2,1H3/t14-,18-,19+,20+/m1/s1. The lowest BCUT2D eigenvalue weighted by molar-refractivity contribution is -0.384. The van der Waals surface area contributed by atoms with Gasteiger partial charge in [0.25, 0.3) is 5.69 Å². The minimum absolute atomic E-state index is 0.0548. The summed E-state index contributed by atoms with van der Waals surface area (Å²) >= 11 is 0. The van der Waals surface area contributed by atoms with Crippen molar-refractivity contribution in [1.29, 1.82) is 0 Å². The van der Waals surface area contributed by atoms with E-state index in [0.29, 0.717) is 30.4 Å². The third-order valence-corrected chi connectivity index (χ3v) is 5.87. The van der Waals surface area contributed by atoms with Crippen LogP contribution in [0.1, 0.15) is 18.5 Å². The third-order valence-electron chi connectivity index (χ3n) is 5.87. The Kier molecular flexibility index (Phi) is 5.00. The van der Waals surface area contributed by atoms with E-state index in [1.807, 2.05) is 6.07 Å². The first-order valence-electron chi connectivity index (χ1n) is 9.41. The second-order valence-electron chi connectivity index (χ2n) is 7.45. The monoisotopic (exact) mass is 382 g/mol. The number of piperidine rings is 1. The summed E-state index contributed by atoms with van der Waals surface area (Å²) in [7, 11) is 0. The molecule has 0 radical (unpaired) electrons. The highest BCUT2D eigenvalue weighted by atomic mass is 16.7. The number of likely N-dealkylation sites (tertiary alicyclic amines) is 1. The average molecular weight is 382 g/mol. The average Bonchev–Trinajstić information content (AvgIpc) is 3.15. The van der Waals surface area contributed by atoms with Gasteiger partial charge in [-0.15, -0.1) is 0 Å². The number of nitro benzene ring substituents is 1. The van der Waals surface area contributed by atoms with Crippen LogP contribution in [0.3, 0.4) is 0 Å². The Bertz CT molecular complexity index is 843. The number of carbonyl (C=O) groups is 1. The Morgan fingerprint density at radius 3 is 2.39 bits per heavy atom. The van der Waals surface area contributed by atoms with Crippen LogP contribution in [0.2, 0.25) is 0 Å². The van der Waals surface area contributed by atoms with E-state index in [1.54, 1.807) is 0 Å². The highest BCUT2D eigenvalue weighted by Gasteiger charge is 2.56. The van der Waals surface area contributed by atoms with Crippen LogP contribution in [0.15, 0.2) is 54.6 Å². The summed E-state index contributed by atoms with van der Waals surface area (Å²) in [5.74, 6) is 1.76. The Labute approximate surface area is 163 Å². The maximum absolute atomic E-state index is 11.9. The maximum Gasteiger partial charge on any atom is 0.513 e. The predicted molar refractivity (Wildman–Crippen MR) is 102 cm³/mol. The summed E-state index contributed by atoms with van der Waals surface area (Å²) in [5.41, 5.74) is 1.27. The van der Waals surface area contributed by atoms with E-state index in [1.165, 1.54) is 29.8 Å². The van der Waals surface area contributed by atoms with E-state index in [2.05, 4.69) is 36.1 Å². The Hall–Kier alpha value is -2.93. The van der Waals surface area contributed by atoms with Gasteiger partial charge in [0.15, 0.2) is 0 Å². The van der Waals surface area contributed by atoms with Crippen LogP contribution in [0.4, 0.5) is 10.5 Å². The van der Waals surface area contributed by atoms with Crippen LogP contribution >= 0.6 is 0 Å². The summed E-state index contributed by atoms with van der Waals surface area (Å²) in [4.78, 5) is 24.5. The molecule has 0 amide bonds. The Balaban J connectivity index is 1.20. The van der Waals surface area contributed by atoms with Crippen molar-refractivity contribution in [2.45, 2.75) is 13.0 Å². The number of hydrogen-bond acceptors (Lipinski definition) is 6. The van der Waals surface area contributed by atoms with Crippen LogP contribution < -0.4 is 4.74 Å². The number of rotatable bonds is 6. The van der Waals surface area contributed by atoms with Crippen LogP contribution in [-0.4, -0.2) is 35.7 Å². The number of carbonyl (C=O) groups excluding carboxylic acids is 1. The van der Waals surface area contributed by atoms with E-state index >= 15 is 0 Å². The van der Waals surface area contributed by atoms with Gasteiger partial charge in [-0.25, -0.2) is 4.79 Å². The molecule has 1 saturated heterocycles. The summed E-state index contributed by atoms with van der Waals surface area (Å²) in [6.07, 6.45) is -0.770. The Morgan fingerprint density at radius 2 is 1.79 bits per heavy atom. The molecule has 2 aliphatic rings. The highest BCUT2D eigenvalue weighted by Crippen LogP contribution is 2.53. The van der Waals surface area contributed by atoms with Gasteiger partial charge in [-0.2, -0.15) is 0 Å². The molecule has 4 atom stereocenters. The van der Waals surface area contributed by atoms with Crippen molar-refractivity contribution in [2.24, 2.45) is 17.8 Å². The molecule has 7 nitrogen and oxygen atoms in total. The minimum Gasteiger partial charge on any atom is -0.434 e. The molecule has 0 spiro atoms. The zero-order valence-electron chi connectivity index (χ0n) is 15.6. The van der Waals surface area contributed by atoms with Gasteiger partial charge in [-0.3, -0.25) is 15.0 Å². The van der Waals surface area contributed by atoms with Crippen LogP contribution in [0.5, 0.6) is 5.75 Å². The normalized spacial score (nSPS) is 24.2. The molecule has 0 bridgehead atoms. The highest BCUT2D eigenvalue weighted by molar-refractivity contribution is 5.64. The smallest absolute Gasteiger partial charge is 0.434 e. The fourth-order valence-electron chi connectivity index (χ4n) is 4.11. The van der Waals surface area contributed by atoms with E-state index in [-0.39, 0.29) is 11.4 Å². The second-order valence-corrected chi connectivity index (χ2v) is 7.45. The Morgan fingerprint density at radius 1 is 1.14 bits per heavy atom. The first kappa shape index (κ1) is 18.4. The van der Waals surface area contributed by atoms with E-state index < -0.39 is 11.1 Å². The first-order chi connectivity index (χ1) is 13.5. The van der Waals surface area contributed by atoms with Gasteiger partial charge >= 0.3 is 6.16 Å². The number of nitro groups is 1. The molecule has 2 aromatic carbocycles. The number of fused-ring (bicyclic) bond motifs is 1. The summed E-state index contributed by atoms with van der Waals surface area (Å²) in [6.45, 7) is 4.63. The number of benzene rings is 2. The van der Waals surface area contributed by atoms with E-state index in [0.717, 1.165) is 13.1 Å². The zero-order chi connectivity index (χ0) is 19.7. The number of nitrogens with zero attached hydrogens (tertiary/aromatic N) is 2. The van der Waals surface area contributed by atoms with Crippen molar-refractivity contribution in [3.8, 4) is 5.75 Å². The van der Waals surface area contributed by atoms with Gasteiger partial charge in [0.05, 0.1) is 11.5 Å². The van der Waals surface area contributed by atoms with Gasteiger partial charge in [0.2, 0.25) is 0 Å². The molecule has 2 aromatic rings. The largest absolute Gasteiger partial charge is 0.513 e. The van der Waals surface area contributed by atoms with E-state index in [4.69, 9.17) is 9.47 Å². The predicted octanol–water partition coefficient (Wildman–Crippen LogP) is 4.05. The molecule has 146 valence electrons. The first-order valence-corrected chi connectivity index (χ1v) is 9.41. The van der Waals surface area contributed by atoms with Crippen LogP contribution in [0, 0.1) is 27.9 Å². The SMILES string of the molecule is C[C@H](c1ccccc1)N1C[C@@H]2[C@@H](COC(=O)Oc3ccc([N+](=O)[O-])cc3)[C@@H]2C1. The van der Waals surface area contributed by atoms with Crippen molar-refractivity contribution < 1.29 is 19.2 Å². The van der Waals surface area contributed by atoms with Crippen LogP contribution in [0.25, 0.3) is 0 Å². The van der Waals surface area contributed by atoms with Crippen molar-refractivity contribution in [3.05, 3.63) is 70.3 Å².